The fourth-order valence-corrected chi connectivity index (χ4v) is 2.75. The molecule has 4 nitrogen and oxygen atoms in total. The largest absolute Gasteiger partial charge is 0.384 e. The molecule has 1 amide bonds. The third-order valence-corrected chi connectivity index (χ3v) is 4.26. The summed E-state index contributed by atoms with van der Waals surface area (Å²) in [6.45, 7) is 4.77. The van der Waals surface area contributed by atoms with Gasteiger partial charge in [-0.2, -0.15) is 0 Å². The molecule has 0 aliphatic carbocycles. The van der Waals surface area contributed by atoms with E-state index in [1.165, 1.54) is 4.88 Å². The highest BCUT2D eigenvalue weighted by Gasteiger charge is 2.15. The Bertz CT molecular complexity index is 608. The van der Waals surface area contributed by atoms with E-state index in [9.17, 15) is 4.79 Å². The first-order chi connectivity index (χ1) is 9.97. The molecular formula is C16H21N3OS. The van der Waals surface area contributed by atoms with Gasteiger partial charge in [-0.3, -0.25) is 4.79 Å². The topological polar surface area (TPSA) is 59.2 Å². The summed E-state index contributed by atoms with van der Waals surface area (Å²) in [7, 11) is 1.82. The Morgan fingerprint density at radius 1 is 1.43 bits per heavy atom. The molecule has 0 saturated heterocycles. The SMILES string of the molecule is CC(C)c1cc(C(=O)N(C)CCc2cccs2)cc(N)n1. The second-order valence-electron chi connectivity index (χ2n) is 5.42. The lowest BCUT2D eigenvalue weighted by Gasteiger charge is -2.18. The summed E-state index contributed by atoms with van der Waals surface area (Å²) in [4.78, 5) is 19.8. The first-order valence-corrected chi connectivity index (χ1v) is 7.90. The standard InChI is InChI=1S/C16H21N3OS/c1-11(2)14-9-12(10-15(17)18-14)16(20)19(3)7-6-13-5-4-8-21-13/h4-5,8-11H,6-7H2,1-3H3,(H2,17,18). The number of carbonyl (C=O) groups is 1. The smallest absolute Gasteiger partial charge is 0.253 e. The number of nitrogens with zero attached hydrogens (tertiary/aromatic N) is 2. The molecule has 0 aliphatic rings. The minimum absolute atomic E-state index is 0.0115. The normalized spacial score (nSPS) is 10.9. The van der Waals surface area contributed by atoms with Gasteiger partial charge < -0.3 is 10.6 Å². The first-order valence-electron chi connectivity index (χ1n) is 7.02. The molecule has 0 aliphatic heterocycles. The number of pyridine rings is 1. The van der Waals surface area contributed by atoms with E-state index in [-0.39, 0.29) is 11.8 Å². The van der Waals surface area contributed by atoms with E-state index in [0.717, 1.165) is 12.1 Å². The van der Waals surface area contributed by atoms with Gasteiger partial charge in [-0.05, 0) is 35.9 Å². The third kappa shape index (κ3) is 4.04. The fraction of sp³-hybridized carbons (Fsp3) is 0.375. The number of carbonyl (C=O) groups excluding carboxylic acids is 1. The maximum Gasteiger partial charge on any atom is 0.253 e. The zero-order valence-electron chi connectivity index (χ0n) is 12.7. The van der Waals surface area contributed by atoms with Crippen LogP contribution in [0.5, 0.6) is 0 Å². The Kier molecular flexibility index (Phi) is 4.96. The quantitative estimate of drug-likeness (QED) is 0.923. The van der Waals surface area contributed by atoms with Crippen molar-refractivity contribution in [3.63, 3.8) is 0 Å². The molecule has 0 aromatic carbocycles. The number of hydrogen-bond acceptors (Lipinski definition) is 4. The van der Waals surface area contributed by atoms with Gasteiger partial charge in [0.2, 0.25) is 0 Å². The summed E-state index contributed by atoms with van der Waals surface area (Å²) < 4.78 is 0. The van der Waals surface area contributed by atoms with Crippen molar-refractivity contribution in [1.82, 2.24) is 9.88 Å². The van der Waals surface area contributed by atoms with Gasteiger partial charge in [0, 0.05) is 29.7 Å². The minimum atomic E-state index is -0.0115. The lowest BCUT2D eigenvalue weighted by molar-refractivity contribution is 0.0796. The number of aromatic nitrogens is 1. The first kappa shape index (κ1) is 15.5. The van der Waals surface area contributed by atoms with Crippen LogP contribution in [-0.2, 0) is 6.42 Å². The van der Waals surface area contributed by atoms with Gasteiger partial charge in [0.1, 0.15) is 5.82 Å². The van der Waals surface area contributed by atoms with Gasteiger partial charge in [-0.15, -0.1) is 11.3 Å². The molecule has 0 bridgehead atoms. The van der Waals surface area contributed by atoms with Crippen molar-refractivity contribution in [3.8, 4) is 0 Å². The van der Waals surface area contributed by atoms with Crippen LogP contribution in [0.25, 0.3) is 0 Å². The summed E-state index contributed by atoms with van der Waals surface area (Å²) in [5.74, 6) is 0.634. The number of rotatable bonds is 5. The second-order valence-corrected chi connectivity index (χ2v) is 6.45. The van der Waals surface area contributed by atoms with E-state index in [2.05, 4.69) is 16.4 Å². The average molecular weight is 303 g/mol. The molecule has 2 rings (SSSR count). The van der Waals surface area contributed by atoms with Crippen LogP contribution in [0.1, 0.15) is 40.7 Å². The number of nitrogens with two attached hydrogens (primary N) is 1. The van der Waals surface area contributed by atoms with E-state index < -0.39 is 0 Å². The van der Waals surface area contributed by atoms with Crippen molar-refractivity contribution in [2.24, 2.45) is 0 Å². The Morgan fingerprint density at radius 3 is 2.81 bits per heavy atom. The number of amides is 1. The third-order valence-electron chi connectivity index (χ3n) is 3.32. The van der Waals surface area contributed by atoms with Crippen LogP contribution >= 0.6 is 11.3 Å². The van der Waals surface area contributed by atoms with Crippen molar-refractivity contribution in [2.75, 3.05) is 19.3 Å². The molecule has 2 aromatic rings. The summed E-state index contributed by atoms with van der Waals surface area (Å²) >= 11 is 1.71. The maximum absolute atomic E-state index is 12.5. The molecule has 21 heavy (non-hydrogen) atoms. The molecule has 0 radical (unpaired) electrons. The van der Waals surface area contributed by atoms with Crippen LogP contribution in [0.4, 0.5) is 5.82 Å². The minimum Gasteiger partial charge on any atom is -0.384 e. The van der Waals surface area contributed by atoms with Crippen molar-refractivity contribution in [3.05, 3.63) is 45.8 Å². The van der Waals surface area contributed by atoms with Gasteiger partial charge in [-0.25, -0.2) is 4.98 Å². The zero-order chi connectivity index (χ0) is 15.4. The highest BCUT2D eigenvalue weighted by atomic mass is 32.1. The van der Waals surface area contributed by atoms with Crippen LogP contribution in [0.15, 0.2) is 29.6 Å². The van der Waals surface area contributed by atoms with Crippen LogP contribution in [0.2, 0.25) is 0 Å². The molecular weight excluding hydrogens is 282 g/mol. The van der Waals surface area contributed by atoms with Crippen LogP contribution in [-0.4, -0.2) is 29.4 Å². The Labute approximate surface area is 129 Å². The van der Waals surface area contributed by atoms with Gasteiger partial charge in [0.25, 0.3) is 5.91 Å². The molecule has 0 fully saturated rings. The van der Waals surface area contributed by atoms with E-state index in [0.29, 0.717) is 17.9 Å². The summed E-state index contributed by atoms with van der Waals surface area (Å²) in [6.07, 6.45) is 0.873. The zero-order valence-corrected chi connectivity index (χ0v) is 13.5. The number of thiophene rings is 1. The molecule has 112 valence electrons. The lowest BCUT2D eigenvalue weighted by Crippen LogP contribution is -2.29. The predicted molar refractivity (Wildman–Crippen MR) is 87.7 cm³/mol. The number of hydrogen-bond donors (Lipinski definition) is 1. The average Bonchev–Trinajstić information content (AvgIpc) is 2.96. The Morgan fingerprint density at radius 2 is 2.19 bits per heavy atom. The van der Waals surface area contributed by atoms with E-state index in [4.69, 9.17) is 5.73 Å². The van der Waals surface area contributed by atoms with Crippen molar-refractivity contribution in [1.29, 1.82) is 0 Å². The number of nitrogen functional groups attached to an aromatic ring is 1. The number of likely N-dealkylation sites (N-methyl/N-ethyl adjacent to an activating group) is 1. The number of anilines is 1. The monoisotopic (exact) mass is 303 g/mol. The highest BCUT2D eigenvalue weighted by Crippen LogP contribution is 2.17. The van der Waals surface area contributed by atoms with Gasteiger partial charge in [-0.1, -0.05) is 19.9 Å². The Balaban J connectivity index is 2.08. The molecule has 2 N–H and O–H groups in total. The molecule has 0 unspecified atom stereocenters. The molecule has 0 spiro atoms. The van der Waals surface area contributed by atoms with Crippen LogP contribution in [0, 0.1) is 0 Å². The molecule has 5 heteroatoms. The summed E-state index contributed by atoms with van der Waals surface area (Å²) in [5, 5.41) is 2.05. The van der Waals surface area contributed by atoms with Crippen LogP contribution < -0.4 is 5.73 Å². The van der Waals surface area contributed by atoms with Crippen LogP contribution in [0.3, 0.4) is 0 Å². The van der Waals surface area contributed by atoms with Gasteiger partial charge in [0.15, 0.2) is 0 Å². The van der Waals surface area contributed by atoms with E-state index >= 15 is 0 Å². The molecule has 2 aromatic heterocycles. The van der Waals surface area contributed by atoms with Crippen molar-refractivity contribution >= 4 is 23.1 Å². The molecule has 2 heterocycles. The van der Waals surface area contributed by atoms with Crippen molar-refractivity contribution in [2.45, 2.75) is 26.2 Å². The van der Waals surface area contributed by atoms with E-state index in [1.807, 2.05) is 33.0 Å². The summed E-state index contributed by atoms with van der Waals surface area (Å²) in [6, 6.07) is 7.60. The molecule has 0 atom stereocenters. The predicted octanol–water partition coefficient (Wildman–Crippen LogP) is 3.16. The van der Waals surface area contributed by atoms with Gasteiger partial charge in [0.05, 0.1) is 0 Å². The van der Waals surface area contributed by atoms with Crippen molar-refractivity contribution < 1.29 is 4.79 Å². The maximum atomic E-state index is 12.5. The van der Waals surface area contributed by atoms with Gasteiger partial charge >= 0.3 is 0 Å². The highest BCUT2D eigenvalue weighted by molar-refractivity contribution is 7.09. The Hall–Kier alpha value is -1.88. The second kappa shape index (κ2) is 6.72. The lowest BCUT2D eigenvalue weighted by atomic mass is 10.1. The van der Waals surface area contributed by atoms with E-state index in [1.54, 1.807) is 22.3 Å². The summed E-state index contributed by atoms with van der Waals surface area (Å²) in [5.41, 5.74) is 7.27. The molecule has 0 saturated carbocycles. The fourth-order valence-electron chi connectivity index (χ4n) is 2.05.